The van der Waals surface area contributed by atoms with Crippen molar-refractivity contribution in [2.24, 2.45) is 0 Å². The summed E-state index contributed by atoms with van der Waals surface area (Å²) in [6, 6.07) is 1.68. The second kappa shape index (κ2) is 3.67. The van der Waals surface area contributed by atoms with Crippen molar-refractivity contribution in [2.75, 3.05) is 7.11 Å². The Morgan fingerprint density at radius 1 is 1.67 bits per heavy atom. The van der Waals surface area contributed by atoms with Crippen LogP contribution < -0.4 is 0 Å². The molecule has 0 aliphatic carbocycles. The van der Waals surface area contributed by atoms with Crippen LogP contribution in [0.15, 0.2) is 16.7 Å². The van der Waals surface area contributed by atoms with E-state index in [1.54, 1.807) is 12.3 Å². The lowest BCUT2D eigenvalue weighted by Crippen LogP contribution is -2.03. The lowest BCUT2D eigenvalue weighted by Gasteiger charge is -2.01. The Labute approximate surface area is 78.9 Å². The van der Waals surface area contributed by atoms with Crippen molar-refractivity contribution < 1.29 is 9.53 Å². The van der Waals surface area contributed by atoms with Gasteiger partial charge in [-0.2, -0.15) is 0 Å². The fourth-order valence-corrected chi connectivity index (χ4v) is 1.19. The Kier molecular flexibility index (Phi) is 2.81. The molecule has 0 atom stereocenters. The van der Waals surface area contributed by atoms with Gasteiger partial charge in [-0.1, -0.05) is 0 Å². The minimum atomic E-state index is -0.354. The first-order valence-electron chi connectivity index (χ1n) is 3.35. The third kappa shape index (κ3) is 1.82. The van der Waals surface area contributed by atoms with Crippen molar-refractivity contribution in [1.82, 2.24) is 4.98 Å². The number of nitrogens with zero attached hydrogens (tertiary/aromatic N) is 1. The van der Waals surface area contributed by atoms with Crippen molar-refractivity contribution >= 4 is 21.9 Å². The first-order valence-corrected chi connectivity index (χ1v) is 4.15. The highest BCUT2D eigenvalue weighted by Crippen LogP contribution is 2.16. The lowest BCUT2D eigenvalue weighted by molar-refractivity contribution is 0.0599. The van der Waals surface area contributed by atoms with Gasteiger partial charge in [-0.3, -0.25) is 4.98 Å². The van der Waals surface area contributed by atoms with Crippen LogP contribution in [0, 0.1) is 6.92 Å². The second-order valence-corrected chi connectivity index (χ2v) is 3.15. The summed E-state index contributed by atoms with van der Waals surface area (Å²) in [7, 11) is 1.35. The molecule has 0 saturated heterocycles. The van der Waals surface area contributed by atoms with Crippen LogP contribution in [0.25, 0.3) is 0 Å². The van der Waals surface area contributed by atoms with Gasteiger partial charge in [-0.25, -0.2) is 4.79 Å². The highest BCUT2D eigenvalue weighted by Gasteiger charge is 2.09. The molecule has 0 saturated carbocycles. The summed E-state index contributed by atoms with van der Waals surface area (Å²) < 4.78 is 5.23. The average Bonchev–Trinajstić information content (AvgIpc) is 2.08. The van der Waals surface area contributed by atoms with E-state index >= 15 is 0 Å². The third-order valence-electron chi connectivity index (χ3n) is 1.40. The fraction of sp³-hybridized carbons (Fsp3) is 0.250. The second-order valence-electron chi connectivity index (χ2n) is 2.30. The first-order chi connectivity index (χ1) is 5.65. The molecule has 0 bridgehead atoms. The topological polar surface area (TPSA) is 39.2 Å². The Hall–Kier alpha value is -0.900. The van der Waals surface area contributed by atoms with Crippen LogP contribution in [0.2, 0.25) is 0 Å². The van der Waals surface area contributed by atoms with E-state index in [-0.39, 0.29) is 5.97 Å². The van der Waals surface area contributed by atoms with E-state index in [0.717, 1.165) is 5.69 Å². The highest BCUT2D eigenvalue weighted by atomic mass is 79.9. The van der Waals surface area contributed by atoms with Crippen molar-refractivity contribution in [3.05, 3.63) is 28.0 Å². The van der Waals surface area contributed by atoms with Crippen LogP contribution in [0.4, 0.5) is 0 Å². The molecule has 0 amide bonds. The van der Waals surface area contributed by atoms with Crippen LogP contribution in [0.5, 0.6) is 0 Å². The fourth-order valence-electron chi connectivity index (χ4n) is 0.810. The number of aryl methyl sites for hydroxylation is 1. The SMILES string of the molecule is COC(=O)c1cc(C)ncc1Br. The van der Waals surface area contributed by atoms with Gasteiger partial charge in [0.25, 0.3) is 0 Å². The monoisotopic (exact) mass is 229 g/mol. The molecule has 64 valence electrons. The lowest BCUT2D eigenvalue weighted by atomic mass is 10.2. The Balaban J connectivity index is 3.13. The molecule has 1 rings (SSSR count). The van der Waals surface area contributed by atoms with Crippen LogP contribution in [0.1, 0.15) is 16.1 Å². The zero-order valence-corrected chi connectivity index (χ0v) is 8.38. The van der Waals surface area contributed by atoms with E-state index in [0.29, 0.717) is 10.0 Å². The standard InChI is InChI=1S/C8H8BrNO2/c1-5-3-6(8(11)12-2)7(9)4-10-5/h3-4H,1-2H3. The van der Waals surface area contributed by atoms with Crippen molar-refractivity contribution in [3.63, 3.8) is 0 Å². The number of carbonyl (C=O) groups is 1. The van der Waals surface area contributed by atoms with E-state index < -0.39 is 0 Å². The van der Waals surface area contributed by atoms with E-state index in [1.165, 1.54) is 7.11 Å². The van der Waals surface area contributed by atoms with Crippen LogP contribution in [-0.2, 0) is 4.74 Å². The number of halogens is 1. The predicted octanol–water partition coefficient (Wildman–Crippen LogP) is 1.94. The van der Waals surface area contributed by atoms with Gasteiger partial charge in [-0.05, 0) is 28.9 Å². The Bertz CT molecular complexity index is 312. The van der Waals surface area contributed by atoms with Crippen LogP contribution in [-0.4, -0.2) is 18.1 Å². The van der Waals surface area contributed by atoms with Crippen LogP contribution >= 0.6 is 15.9 Å². The average molecular weight is 230 g/mol. The highest BCUT2D eigenvalue weighted by molar-refractivity contribution is 9.10. The van der Waals surface area contributed by atoms with Gasteiger partial charge in [0, 0.05) is 11.9 Å². The largest absolute Gasteiger partial charge is 0.465 e. The van der Waals surface area contributed by atoms with E-state index in [4.69, 9.17) is 0 Å². The molecule has 1 heterocycles. The molecule has 0 fully saturated rings. The molecule has 1 aromatic heterocycles. The number of aromatic nitrogens is 1. The molecule has 0 aromatic carbocycles. The molecule has 0 N–H and O–H groups in total. The number of esters is 1. The number of ether oxygens (including phenoxy) is 1. The van der Waals surface area contributed by atoms with Gasteiger partial charge < -0.3 is 4.74 Å². The molecule has 3 nitrogen and oxygen atoms in total. The number of rotatable bonds is 1. The van der Waals surface area contributed by atoms with Gasteiger partial charge in [0.05, 0.1) is 17.1 Å². The minimum Gasteiger partial charge on any atom is -0.465 e. The molecule has 0 radical (unpaired) electrons. The summed E-state index contributed by atoms with van der Waals surface area (Å²) in [5.74, 6) is -0.354. The minimum absolute atomic E-state index is 0.354. The van der Waals surface area contributed by atoms with E-state index in [1.807, 2.05) is 6.92 Å². The number of methoxy groups -OCH3 is 1. The maximum absolute atomic E-state index is 11.1. The summed E-state index contributed by atoms with van der Waals surface area (Å²) in [4.78, 5) is 15.1. The zero-order chi connectivity index (χ0) is 9.14. The van der Waals surface area contributed by atoms with Gasteiger partial charge >= 0.3 is 5.97 Å². The van der Waals surface area contributed by atoms with Gasteiger partial charge in [-0.15, -0.1) is 0 Å². The summed E-state index contributed by atoms with van der Waals surface area (Å²) >= 11 is 3.21. The molecule has 12 heavy (non-hydrogen) atoms. The Morgan fingerprint density at radius 3 is 2.92 bits per heavy atom. The third-order valence-corrected chi connectivity index (χ3v) is 2.03. The summed E-state index contributed by atoms with van der Waals surface area (Å²) in [5, 5.41) is 0. The van der Waals surface area contributed by atoms with Gasteiger partial charge in [0.1, 0.15) is 0 Å². The van der Waals surface area contributed by atoms with Crippen LogP contribution in [0.3, 0.4) is 0 Å². The van der Waals surface area contributed by atoms with Crippen molar-refractivity contribution in [3.8, 4) is 0 Å². The normalized spacial score (nSPS) is 9.58. The van der Waals surface area contributed by atoms with E-state index in [2.05, 4.69) is 25.7 Å². The number of carbonyl (C=O) groups excluding carboxylic acids is 1. The molecular weight excluding hydrogens is 222 g/mol. The number of pyridine rings is 1. The molecule has 0 aliphatic rings. The summed E-state index contributed by atoms with van der Waals surface area (Å²) in [6.45, 7) is 1.82. The smallest absolute Gasteiger partial charge is 0.339 e. The Morgan fingerprint density at radius 2 is 2.33 bits per heavy atom. The summed E-state index contributed by atoms with van der Waals surface area (Å²) in [6.07, 6.45) is 1.58. The molecule has 0 unspecified atom stereocenters. The quantitative estimate of drug-likeness (QED) is 0.692. The van der Waals surface area contributed by atoms with Gasteiger partial charge in [0.2, 0.25) is 0 Å². The maximum atomic E-state index is 11.1. The summed E-state index contributed by atoms with van der Waals surface area (Å²) in [5.41, 5.74) is 1.30. The number of hydrogen-bond donors (Lipinski definition) is 0. The maximum Gasteiger partial charge on any atom is 0.339 e. The predicted molar refractivity (Wildman–Crippen MR) is 48.0 cm³/mol. The van der Waals surface area contributed by atoms with Crippen molar-refractivity contribution in [1.29, 1.82) is 0 Å². The first kappa shape index (κ1) is 9.19. The molecule has 0 aliphatic heterocycles. The molecule has 0 spiro atoms. The van der Waals surface area contributed by atoms with Crippen molar-refractivity contribution in [2.45, 2.75) is 6.92 Å². The molecule has 1 aromatic rings. The molecular formula is C8H8BrNO2. The zero-order valence-electron chi connectivity index (χ0n) is 6.80. The van der Waals surface area contributed by atoms with E-state index in [9.17, 15) is 4.79 Å². The molecule has 4 heteroatoms. The number of hydrogen-bond acceptors (Lipinski definition) is 3. The van der Waals surface area contributed by atoms with Gasteiger partial charge in [0.15, 0.2) is 0 Å².